The number of anilines is 1. The quantitative estimate of drug-likeness (QED) is 0.639. The molecule has 0 aromatic carbocycles. The van der Waals surface area contributed by atoms with Crippen molar-refractivity contribution in [2.45, 2.75) is 49.3 Å². The van der Waals surface area contributed by atoms with Crippen molar-refractivity contribution in [3.05, 3.63) is 36.3 Å². The van der Waals surface area contributed by atoms with Gasteiger partial charge in [0.05, 0.1) is 23.7 Å². The smallest absolute Gasteiger partial charge is 0.322 e. The SMILES string of the molecule is O=C(NCc1ccco1)C1CCCN(C(=O)Nc2ccc(S(=O)(=O)N3CCCCCC3)s2)C1. The van der Waals surface area contributed by atoms with Crippen molar-refractivity contribution >= 4 is 38.3 Å². The maximum Gasteiger partial charge on any atom is 0.322 e. The van der Waals surface area contributed by atoms with Crippen LogP contribution in [0.25, 0.3) is 0 Å². The van der Waals surface area contributed by atoms with Gasteiger partial charge >= 0.3 is 6.03 Å². The van der Waals surface area contributed by atoms with Crippen LogP contribution in [0.3, 0.4) is 0 Å². The second-order valence-electron chi connectivity index (χ2n) is 8.45. The van der Waals surface area contributed by atoms with Crippen LogP contribution in [-0.2, 0) is 21.4 Å². The molecule has 4 rings (SSSR count). The lowest BCUT2D eigenvalue weighted by atomic mass is 9.97. The van der Waals surface area contributed by atoms with Gasteiger partial charge in [0, 0.05) is 26.2 Å². The third-order valence-corrected chi connectivity index (χ3v) is 9.43. The molecule has 2 aliphatic rings. The van der Waals surface area contributed by atoms with Gasteiger partial charge in [-0.2, -0.15) is 4.31 Å². The summed E-state index contributed by atoms with van der Waals surface area (Å²) >= 11 is 1.07. The summed E-state index contributed by atoms with van der Waals surface area (Å²) in [5, 5.41) is 6.15. The highest BCUT2D eigenvalue weighted by atomic mass is 32.2. The molecule has 2 N–H and O–H groups in total. The first-order valence-corrected chi connectivity index (χ1v) is 13.6. The third kappa shape index (κ3) is 5.96. The molecule has 11 heteroatoms. The molecule has 2 aliphatic heterocycles. The second-order valence-corrected chi connectivity index (χ2v) is 11.7. The molecule has 2 saturated heterocycles. The van der Waals surface area contributed by atoms with Gasteiger partial charge < -0.3 is 14.6 Å². The lowest BCUT2D eigenvalue weighted by Gasteiger charge is -2.31. The minimum Gasteiger partial charge on any atom is -0.467 e. The first-order valence-electron chi connectivity index (χ1n) is 11.4. The Bertz CT molecular complexity index is 1040. The number of nitrogens with zero attached hydrogens (tertiary/aromatic N) is 2. The highest BCUT2D eigenvalue weighted by molar-refractivity contribution is 7.91. The second kappa shape index (κ2) is 10.7. The molecule has 0 radical (unpaired) electrons. The number of carbonyl (C=O) groups is 2. The Balaban J connectivity index is 1.32. The van der Waals surface area contributed by atoms with Gasteiger partial charge in [-0.3, -0.25) is 10.1 Å². The fourth-order valence-electron chi connectivity index (χ4n) is 4.23. The normalized spacial score (nSPS) is 20.2. The van der Waals surface area contributed by atoms with E-state index in [1.807, 2.05) is 0 Å². The van der Waals surface area contributed by atoms with Crippen molar-refractivity contribution in [3.8, 4) is 0 Å². The molecule has 2 fully saturated rings. The van der Waals surface area contributed by atoms with Crippen LogP contribution in [0.2, 0.25) is 0 Å². The van der Waals surface area contributed by atoms with Gasteiger partial charge in [-0.15, -0.1) is 11.3 Å². The van der Waals surface area contributed by atoms with Crippen LogP contribution in [0.1, 0.15) is 44.3 Å². The number of rotatable bonds is 6. The molecule has 0 bridgehead atoms. The maximum atomic E-state index is 13.0. The van der Waals surface area contributed by atoms with Crippen LogP contribution < -0.4 is 10.6 Å². The number of furan rings is 1. The van der Waals surface area contributed by atoms with Gasteiger partial charge in [0.25, 0.3) is 10.0 Å². The summed E-state index contributed by atoms with van der Waals surface area (Å²) in [5.74, 6) is 0.282. The fourth-order valence-corrected chi connectivity index (χ4v) is 7.09. The molecule has 9 nitrogen and oxygen atoms in total. The molecule has 0 aliphatic carbocycles. The summed E-state index contributed by atoms with van der Waals surface area (Å²) in [7, 11) is -3.54. The zero-order valence-electron chi connectivity index (χ0n) is 18.5. The molecule has 4 heterocycles. The Morgan fingerprint density at radius 2 is 1.85 bits per heavy atom. The Labute approximate surface area is 198 Å². The summed E-state index contributed by atoms with van der Waals surface area (Å²) < 4.78 is 33.0. The predicted molar refractivity (Wildman–Crippen MR) is 125 cm³/mol. The fraction of sp³-hybridized carbons (Fsp3) is 0.545. The van der Waals surface area contributed by atoms with Crippen molar-refractivity contribution < 1.29 is 22.4 Å². The van der Waals surface area contributed by atoms with E-state index in [0.717, 1.165) is 43.4 Å². The van der Waals surface area contributed by atoms with E-state index in [-0.39, 0.29) is 22.1 Å². The standard InChI is InChI=1S/C22H30N4O5S2/c27-21(23-15-18-8-6-14-31-18)17-7-5-11-25(16-17)22(28)24-19-9-10-20(32-19)33(29,30)26-12-3-1-2-4-13-26/h6,8-10,14,17H,1-5,7,11-13,15-16H2,(H,23,27)(H,24,28). The number of urea groups is 1. The van der Waals surface area contributed by atoms with Gasteiger partial charge in [-0.1, -0.05) is 12.8 Å². The zero-order valence-corrected chi connectivity index (χ0v) is 20.1. The summed E-state index contributed by atoms with van der Waals surface area (Å²) in [5.41, 5.74) is 0. The van der Waals surface area contributed by atoms with Crippen LogP contribution in [0.5, 0.6) is 0 Å². The van der Waals surface area contributed by atoms with E-state index < -0.39 is 10.0 Å². The highest BCUT2D eigenvalue weighted by Crippen LogP contribution is 2.30. The summed E-state index contributed by atoms with van der Waals surface area (Å²) in [4.78, 5) is 26.9. The molecule has 2 aromatic heterocycles. The van der Waals surface area contributed by atoms with Crippen LogP contribution in [-0.4, -0.2) is 55.7 Å². The average molecular weight is 495 g/mol. The number of sulfonamides is 1. The molecule has 3 amide bonds. The van der Waals surface area contributed by atoms with E-state index in [0.29, 0.717) is 49.9 Å². The highest BCUT2D eigenvalue weighted by Gasteiger charge is 2.30. The van der Waals surface area contributed by atoms with Gasteiger partial charge in [0.1, 0.15) is 9.97 Å². The first-order chi connectivity index (χ1) is 15.9. The number of nitrogens with one attached hydrogen (secondary N) is 2. The van der Waals surface area contributed by atoms with Crippen LogP contribution in [0.4, 0.5) is 9.80 Å². The number of piperidine rings is 1. The van der Waals surface area contributed by atoms with Crippen molar-refractivity contribution in [2.75, 3.05) is 31.5 Å². The third-order valence-electron chi connectivity index (χ3n) is 6.07. The first kappa shape index (κ1) is 23.8. The van der Waals surface area contributed by atoms with Gasteiger partial charge in [-0.25, -0.2) is 13.2 Å². The zero-order chi connectivity index (χ0) is 23.3. The van der Waals surface area contributed by atoms with Crippen molar-refractivity contribution in [2.24, 2.45) is 5.92 Å². The lowest BCUT2D eigenvalue weighted by molar-refractivity contribution is -0.126. The minimum atomic E-state index is -3.54. The van der Waals surface area contributed by atoms with E-state index in [2.05, 4.69) is 10.6 Å². The van der Waals surface area contributed by atoms with Crippen LogP contribution >= 0.6 is 11.3 Å². The molecule has 1 atom stereocenters. The molecule has 2 aromatic rings. The Morgan fingerprint density at radius 1 is 1.06 bits per heavy atom. The number of amides is 3. The monoisotopic (exact) mass is 494 g/mol. The van der Waals surface area contributed by atoms with Gasteiger partial charge in [0.15, 0.2) is 0 Å². The van der Waals surface area contributed by atoms with Crippen molar-refractivity contribution in [1.82, 2.24) is 14.5 Å². The molecular weight excluding hydrogens is 464 g/mol. The van der Waals surface area contributed by atoms with Gasteiger partial charge in [0.2, 0.25) is 5.91 Å². The summed E-state index contributed by atoms with van der Waals surface area (Å²) in [6.45, 7) is 2.27. The van der Waals surface area contributed by atoms with Crippen molar-refractivity contribution in [3.63, 3.8) is 0 Å². The van der Waals surface area contributed by atoms with E-state index >= 15 is 0 Å². The molecule has 1 unspecified atom stereocenters. The molecule has 0 saturated carbocycles. The number of hydrogen-bond acceptors (Lipinski definition) is 6. The molecular formula is C22H30N4O5S2. The number of thiophene rings is 1. The molecule has 0 spiro atoms. The van der Waals surface area contributed by atoms with Crippen LogP contribution in [0, 0.1) is 5.92 Å². The number of carbonyl (C=O) groups excluding carboxylic acids is 2. The average Bonchev–Trinajstić information content (AvgIpc) is 3.43. The number of likely N-dealkylation sites (tertiary alicyclic amines) is 1. The van der Waals surface area contributed by atoms with E-state index in [1.54, 1.807) is 39.7 Å². The molecule has 33 heavy (non-hydrogen) atoms. The van der Waals surface area contributed by atoms with E-state index in [1.165, 1.54) is 0 Å². The minimum absolute atomic E-state index is 0.106. The van der Waals surface area contributed by atoms with E-state index in [4.69, 9.17) is 4.42 Å². The molecule has 180 valence electrons. The van der Waals surface area contributed by atoms with Gasteiger partial charge in [-0.05, 0) is 49.9 Å². The van der Waals surface area contributed by atoms with Crippen LogP contribution in [0.15, 0.2) is 39.2 Å². The topological polar surface area (TPSA) is 112 Å². The Kier molecular flexibility index (Phi) is 7.71. The largest absolute Gasteiger partial charge is 0.467 e. The maximum absolute atomic E-state index is 13.0. The Hall–Kier alpha value is -2.37. The van der Waals surface area contributed by atoms with Crippen molar-refractivity contribution in [1.29, 1.82) is 0 Å². The Morgan fingerprint density at radius 3 is 2.58 bits per heavy atom. The summed E-state index contributed by atoms with van der Waals surface area (Å²) in [6.07, 6.45) is 6.85. The van der Waals surface area contributed by atoms with E-state index in [9.17, 15) is 18.0 Å². The predicted octanol–water partition coefficient (Wildman–Crippen LogP) is 3.47. The summed E-state index contributed by atoms with van der Waals surface area (Å²) in [6, 6.07) is 6.43. The lowest BCUT2D eigenvalue weighted by Crippen LogP contribution is -2.46. The number of hydrogen-bond donors (Lipinski definition) is 2.